The minimum absolute atomic E-state index is 0.131. The summed E-state index contributed by atoms with van der Waals surface area (Å²) in [5.74, 6) is 0.539. The van der Waals surface area contributed by atoms with E-state index in [0.29, 0.717) is 11.6 Å². The average Bonchev–Trinajstić information content (AvgIpc) is 3.28. The van der Waals surface area contributed by atoms with Gasteiger partial charge < -0.3 is 20.4 Å². The topological polar surface area (TPSA) is 116 Å². The quantitative estimate of drug-likeness (QED) is 0.516. The highest BCUT2D eigenvalue weighted by molar-refractivity contribution is 6.05. The second-order valence-corrected chi connectivity index (χ2v) is 6.96. The van der Waals surface area contributed by atoms with Crippen molar-refractivity contribution >= 4 is 28.9 Å². The summed E-state index contributed by atoms with van der Waals surface area (Å²) in [5.41, 5.74) is 2.48. The molecule has 9 nitrogen and oxygen atoms in total. The van der Waals surface area contributed by atoms with Crippen LogP contribution in [-0.2, 0) is 22.7 Å². The molecule has 0 saturated carbocycles. The number of H-pyrrole nitrogens is 1. The van der Waals surface area contributed by atoms with Crippen molar-refractivity contribution < 1.29 is 19.1 Å². The number of nitrogens with one attached hydrogen (secondary N) is 3. The van der Waals surface area contributed by atoms with Crippen molar-refractivity contribution in [1.82, 2.24) is 25.5 Å². The number of aromatic nitrogens is 2. The third-order valence-electron chi connectivity index (χ3n) is 4.89. The number of carbonyl (C=O) groups excluding carboxylic acids is 3. The van der Waals surface area contributed by atoms with Crippen LogP contribution in [0.3, 0.4) is 0 Å². The molecule has 2 aromatic carbocycles. The highest BCUT2D eigenvalue weighted by Gasteiger charge is 2.38. The van der Waals surface area contributed by atoms with Crippen LogP contribution in [-0.4, -0.2) is 45.9 Å². The molecule has 0 aliphatic carbocycles. The number of hydrogen-bond donors (Lipinski definition) is 3. The second-order valence-electron chi connectivity index (χ2n) is 6.96. The maximum absolute atomic E-state index is 12.6. The van der Waals surface area contributed by atoms with E-state index in [1.807, 2.05) is 24.3 Å². The summed E-state index contributed by atoms with van der Waals surface area (Å²) >= 11 is 0. The Kier molecular flexibility index (Phi) is 5.34. The molecule has 3 aromatic rings. The van der Waals surface area contributed by atoms with Gasteiger partial charge in [0.15, 0.2) is 0 Å². The standard InChI is InChI=1S/C21H21N5O4/c1-30-14-8-6-13(7-9-14)12-26-20(28)17(25-21(26)29)10-19(27)22-11-18-23-15-4-2-3-5-16(15)24-18/h2-9,17H,10-12H2,1H3,(H,22,27)(H,23,24)(H,25,29). The first-order chi connectivity index (χ1) is 14.5. The maximum Gasteiger partial charge on any atom is 0.325 e. The van der Waals surface area contributed by atoms with Crippen LogP contribution in [0.15, 0.2) is 48.5 Å². The molecular formula is C21H21N5O4. The van der Waals surface area contributed by atoms with Crippen molar-refractivity contribution in [2.75, 3.05) is 7.11 Å². The molecule has 30 heavy (non-hydrogen) atoms. The van der Waals surface area contributed by atoms with Crippen LogP contribution in [0.1, 0.15) is 17.8 Å². The molecule has 0 bridgehead atoms. The zero-order valence-electron chi connectivity index (χ0n) is 16.3. The monoisotopic (exact) mass is 407 g/mol. The number of aromatic amines is 1. The van der Waals surface area contributed by atoms with Crippen LogP contribution in [0.5, 0.6) is 5.75 Å². The van der Waals surface area contributed by atoms with E-state index >= 15 is 0 Å². The molecule has 1 atom stereocenters. The molecule has 4 amide bonds. The second kappa shape index (κ2) is 8.24. The first-order valence-corrected chi connectivity index (χ1v) is 9.48. The molecule has 1 aliphatic heterocycles. The van der Waals surface area contributed by atoms with E-state index in [1.165, 1.54) is 0 Å². The number of imidazole rings is 1. The van der Waals surface area contributed by atoms with Gasteiger partial charge in [-0.05, 0) is 29.8 Å². The molecule has 1 unspecified atom stereocenters. The van der Waals surface area contributed by atoms with E-state index in [2.05, 4.69) is 20.6 Å². The molecule has 1 aromatic heterocycles. The molecule has 4 rings (SSSR count). The number of para-hydroxylation sites is 2. The van der Waals surface area contributed by atoms with Crippen molar-refractivity contribution in [3.05, 3.63) is 59.9 Å². The van der Waals surface area contributed by atoms with Crippen LogP contribution >= 0.6 is 0 Å². The van der Waals surface area contributed by atoms with Gasteiger partial charge >= 0.3 is 6.03 Å². The van der Waals surface area contributed by atoms with Crippen molar-refractivity contribution in [3.8, 4) is 5.75 Å². The number of imide groups is 1. The lowest BCUT2D eigenvalue weighted by Crippen LogP contribution is -2.36. The number of hydrogen-bond acceptors (Lipinski definition) is 5. The van der Waals surface area contributed by atoms with Gasteiger partial charge in [0.1, 0.15) is 17.6 Å². The minimum atomic E-state index is -0.883. The Labute approximate surface area is 172 Å². The molecule has 1 fully saturated rings. The maximum atomic E-state index is 12.6. The summed E-state index contributed by atoms with van der Waals surface area (Å²) in [6.07, 6.45) is -0.135. The van der Waals surface area contributed by atoms with Crippen molar-refractivity contribution in [1.29, 1.82) is 0 Å². The summed E-state index contributed by atoms with van der Waals surface area (Å²) in [7, 11) is 1.57. The zero-order chi connectivity index (χ0) is 21.1. The molecule has 9 heteroatoms. The van der Waals surface area contributed by atoms with Gasteiger partial charge in [-0.25, -0.2) is 9.78 Å². The Bertz CT molecular complexity index is 1060. The molecule has 0 radical (unpaired) electrons. The van der Waals surface area contributed by atoms with E-state index in [-0.39, 0.29) is 25.4 Å². The van der Waals surface area contributed by atoms with Gasteiger partial charge in [-0.15, -0.1) is 0 Å². The van der Waals surface area contributed by atoms with Gasteiger partial charge in [0.05, 0.1) is 37.7 Å². The normalized spacial score (nSPS) is 16.0. The van der Waals surface area contributed by atoms with Gasteiger partial charge in [-0.2, -0.15) is 0 Å². The van der Waals surface area contributed by atoms with Gasteiger partial charge in [0.2, 0.25) is 5.91 Å². The van der Waals surface area contributed by atoms with Crippen LogP contribution in [0.2, 0.25) is 0 Å². The highest BCUT2D eigenvalue weighted by Crippen LogP contribution is 2.17. The van der Waals surface area contributed by atoms with E-state index in [9.17, 15) is 14.4 Å². The first-order valence-electron chi connectivity index (χ1n) is 9.48. The summed E-state index contributed by atoms with van der Waals surface area (Å²) < 4.78 is 5.10. The smallest absolute Gasteiger partial charge is 0.325 e. The first kappa shape index (κ1) is 19.4. The van der Waals surface area contributed by atoms with Crippen molar-refractivity contribution in [2.45, 2.75) is 25.6 Å². The predicted molar refractivity (Wildman–Crippen MR) is 108 cm³/mol. The molecule has 1 saturated heterocycles. The zero-order valence-corrected chi connectivity index (χ0v) is 16.3. The largest absolute Gasteiger partial charge is 0.497 e. The summed E-state index contributed by atoms with van der Waals surface area (Å²) in [6, 6.07) is 13.3. The van der Waals surface area contributed by atoms with Crippen molar-refractivity contribution in [2.24, 2.45) is 0 Å². The number of carbonyl (C=O) groups is 3. The number of benzene rings is 2. The lowest BCUT2D eigenvalue weighted by Gasteiger charge is -2.13. The Morgan fingerprint density at radius 1 is 1.17 bits per heavy atom. The SMILES string of the molecule is COc1ccc(CN2C(=O)NC(CC(=O)NCc3nc4ccccc4[nH]3)C2=O)cc1. The number of nitrogens with zero attached hydrogens (tertiary/aromatic N) is 2. The number of amides is 4. The third kappa shape index (κ3) is 4.09. The van der Waals surface area contributed by atoms with Crippen molar-refractivity contribution in [3.63, 3.8) is 0 Å². The van der Waals surface area contributed by atoms with E-state index in [0.717, 1.165) is 21.5 Å². The molecule has 3 N–H and O–H groups in total. The number of methoxy groups -OCH3 is 1. The summed E-state index contributed by atoms with van der Waals surface area (Å²) in [4.78, 5) is 45.7. The number of urea groups is 1. The van der Waals surface area contributed by atoms with Crippen LogP contribution in [0.4, 0.5) is 4.79 Å². The van der Waals surface area contributed by atoms with E-state index in [4.69, 9.17) is 4.74 Å². The third-order valence-corrected chi connectivity index (χ3v) is 4.89. The average molecular weight is 407 g/mol. The van der Waals surface area contributed by atoms with Gasteiger partial charge in [0.25, 0.3) is 5.91 Å². The van der Waals surface area contributed by atoms with Crippen LogP contribution < -0.4 is 15.4 Å². The lowest BCUT2D eigenvalue weighted by molar-refractivity contribution is -0.131. The van der Waals surface area contributed by atoms with E-state index < -0.39 is 18.0 Å². The Balaban J connectivity index is 1.32. The fourth-order valence-corrected chi connectivity index (χ4v) is 3.31. The number of ether oxygens (including phenoxy) is 1. The van der Waals surface area contributed by atoms with Crippen LogP contribution in [0, 0.1) is 0 Å². The molecule has 0 spiro atoms. The summed E-state index contributed by atoms with van der Waals surface area (Å²) in [5, 5.41) is 5.31. The fourth-order valence-electron chi connectivity index (χ4n) is 3.31. The molecule has 154 valence electrons. The predicted octanol–water partition coefficient (Wildman–Crippen LogP) is 1.70. The Hall–Kier alpha value is -3.88. The number of rotatable bonds is 7. The minimum Gasteiger partial charge on any atom is -0.497 e. The Morgan fingerprint density at radius 3 is 2.67 bits per heavy atom. The molecular weight excluding hydrogens is 386 g/mol. The number of fused-ring (bicyclic) bond motifs is 1. The van der Waals surface area contributed by atoms with Crippen LogP contribution in [0.25, 0.3) is 11.0 Å². The molecule has 2 heterocycles. The van der Waals surface area contributed by atoms with Gasteiger partial charge in [-0.1, -0.05) is 24.3 Å². The Morgan fingerprint density at radius 2 is 1.93 bits per heavy atom. The van der Waals surface area contributed by atoms with Gasteiger partial charge in [-0.3, -0.25) is 14.5 Å². The van der Waals surface area contributed by atoms with Gasteiger partial charge in [0, 0.05) is 0 Å². The fraction of sp³-hybridized carbons (Fsp3) is 0.238. The lowest BCUT2D eigenvalue weighted by atomic mass is 10.1. The van der Waals surface area contributed by atoms with E-state index in [1.54, 1.807) is 31.4 Å². The summed E-state index contributed by atoms with van der Waals surface area (Å²) in [6.45, 7) is 0.337. The molecule has 1 aliphatic rings. The highest BCUT2D eigenvalue weighted by atomic mass is 16.5.